The van der Waals surface area contributed by atoms with Crippen molar-refractivity contribution in [3.63, 3.8) is 0 Å². The van der Waals surface area contributed by atoms with Crippen LogP contribution in [0.15, 0.2) is 40.1 Å². The minimum atomic E-state index is -2.41. The lowest BCUT2D eigenvalue weighted by Crippen LogP contribution is -2.55. The van der Waals surface area contributed by atoms with Gasteiger partial charge in [0.05, 0.1) is 6.61 Å². The van der Waals surface area contributed by atoms with Gasteiger partial charge in [-0.05, 0) is 70.9 Å². The van der Waals surface area contributed by atoms with Crippen molar-refractivity contribution >= 4 is 25.0 Å². The molecule has 0 unspecified atom stereocenters. The zero-order valence-corrected chi connectivity index (χ0v) is 37.0. The second-order valence-electron chi connectivity index (χ2n) is 19.8. The second-order valence-corrected chi connectivity index (χ2v) is 34.1. The molecule has 11 heteroatoms. The van der Waals surface area contributed by atoms with E-state index >= 15 is 0 Å². The van der Waals surface area contributed by atoms with Gasteiger partial charge in [-0.15, -0.1) is 0 Å². The molecule has 0 aliphatic carbocycles. The van der Waals surface area contributed by atoms with Gasteiger partial charge in [0.25, 0.3) is 5.56 Å². The highest BCUT2D eigenvalue weighted by Gasteiger charge is 2.55. The summed E-state index contributed by atoms with van der Waals surface area (Å²) in [6.45, 7) is 40.2. The van der Waals surface area contributed by atoms with Crippen LogP contribution in [0.3, 0.4) is 0 Å². The van der Waals surface area contributed by atoms with Gasteiger partial charge in [-0.1, -0.05) is 107 Å². The molecule has 1 aromatic carbocycles. The summed E-state index contributed by atoms with van der Waals surface area (Å²) < 4.78 is 29.7. The molecule has 1 N–H and O–H groups in total. The van der Waals surface area contributed by atoms with Crippen molar-refractivity contribution in [3.05, 3.63) is 68.0 Å². The number of hydrogen-bond acceptors (Lipinski definition) is 6. The predicted molar refractivity (Wildman–Crippen MR) is 210 cm³/mol. The van der Waals surface area contributed by atoms with E-state index in [2.05, 4.69) is 152 Å². The molecule has 1 saturated heterocycles. The third kappa shape index (κ3) is 9.64. The van der Waals surface area contributed by atoms with Gasteiger partial charge in [-0.25, -0.2) is 4.79 Å². The van der Waals surface area contributed by atoms with Gasteiger partial charge in [-0.3, -0.25) is 14.3 Å². The SMILES string of the molecule is CC(C)(C)c1ccc(Cc2cn([C@@H]3O[C@H](CO[Si](C)(C)C(C)(C)C)[C@@H](O[Si](C)(C)C(C)(C)C)[C@H]3O[Si](C)(C)C(C)(C)C)c(=O)[nH]c2=O)cc1. The van der Waals surface area contributed by atoms with E-state index in [0.717, 1.165) is 5.56 Å². The van der Waals surface area contributed by atoms with E-state index in [4.69, 9.17) is 18.0 Å². The Morgan fingerprint density at radius 1 is 0.714 bits per heavy atom. The first-order chi connectivity index (χ1) is 21.9. The number of benzene rings is 1. The minimum Gasteiger partial charge on any atom is -0.414 e. The fourth-order valence-corrected chi connectivity index (χ4v) is 8.68. The number of hydrogen-bond donors (Lipinski definition) is 1. The molecule has 4 atom stereocenters. The summed E-state index contributed by atoms with van der Waals surface area (Å²) in [6, 6.07) is 8.33. The molecule has 1 aromatic heterocycles. The molecule has 3 rings (SSSR count). The largest absolute Gasteiger partial charge is 0.414 e. The first kappa shape index (κ1) is 41.8. The number of aromatic nitrogens is 2. The van der Waals surface area contributed by atoms with Gasteiger partial charge < -0.3 is 18.0 Å². The molecule has 49 heavy (non-hydrogen) atoms. The Balaban J connectivity index is 2.18. The normalized spacial score (nSPS) is 21.8. The maximum absolute atomic E-state index is 13.7. The molecular formula is C38H68N2O6Si3. The number of aromatic amines is 1. The zero-order chi connectivity index (χ0) is 37.8. The highest BCUT2D eigenvalue weighted by molar-refractivity contribution is 6.75. The minimum absolute atomic E-state index is 0.00761. The van der Waals surface area contributed by atoms with Crippen molar-refractivity contribution < 1.29 is 18.0 Å². The van der Waals surface area contributed by atoms with E-state index in [1.54, 1.807) is 6.20 Å². The van der Waals surface area contributed by atoms with E-state index in [1.807, 2.05) is 0 Å². The molecule has 0 spiro atoms. The number of rotatable bonds is 10. The van der Waals surface area contributed by atoms with Crippen molar-refractivity contribution in [2.75, 3.05) is 6.61 Å². The van der Waals surface area contributed by atoms with E-state index in [-0.39, 0.29) is 20.5 Å². The maximum atomic E-state index is 13.7. The Bertz CT molecular complexity index is 1550. The van der Waals surface area contributed by atoms with Crippen LogP contribution in [0.5, 0.6) is 0 Å². The van der Waals surface area contributed by atoms with Crippen molar-refractivity contribution in [1.82, 2.24) is 9.55 Å². The predicted octanol–water partition coefficient (Wildman–Crippen LogP) is 9.12. The lowest BCUT2D eigenvalue weighted by Gasteiger charge is -2.44. The van der Waals surface area contributed by atoms with Crippen molar-refractivity contribution in [2.45, 2.75) is 174 Å². The van der Waals surface area contributed by atoms with Gasteiger partial charge in [0.2, 0.25) is 0 Å². The van der Waals surface area contributed by atoms with Crippen LogP contribution in [0, 0.1) is 0 Å². The van der Waals surface area contributed by atoms with Crippen LogP contribution < -0.4 is 11.2 Å². The molecule has 2 heterocycles. The third-order valence-electron chi connectivity index (χ3n) is 11.7. The Hall–Kier alpha value is -1.61. The summed E-state index contributed by atoms with van der Waals surface area (Å²) in [5.41, 5.74) is 1.80. The van der Waals surface area contributed by atoms with Gasteiger partial charge >= 0.3 is 5.69 Å². The molecule has 0 amide bonds. The van der Waals surface area contributed by atoms with Gasteiger partial charge in [-0.2, -0.15) is 0 Å². The summed E-state index contributed by atoms with van der Waals surface area (Å²) in [5, 5.41) is -0.162. The second kappa shape index (κ2) is 14.1. The van der Waals surface area contributed by atoms with Crippen LogP contribution in [0.1, 0.15) is 106 Å². The molecule has 1 aliphatic heterocycles. The Labute approximate surface area is 300 Å². The van der Waals surface area contributed by atoms with E-state index in [0.29, 0.717) is 18.6 Å². The van der Waals surface area contributed by atoms with Crippen LogP contribution in [-0.4, -0.2) is 59.4 Å². The molecule has 1 fully saturated rings. The van der Waals surface area contributed by atoms with E-state index in [1.165, 1.54) is 10.1 Å². The van der Waals surface area contributed by atoms with Crippen molar-refractivity contribution in [1.29, 1.82) is 0 Å². The number of nitrogens with one attached hydrogen (secondary N) is 1. The average Bonchev–Trinajstić information content (AvgIpc) is 3.22. The fraction of sp³-hybridized carbons (Fsp3) is 0.737. The topological polar surface area (TPSA) is 91.8 Å². The number of H-pyrrole nitrogens is 1. The highest BCUT2D eigenvalue weighted by atomic mass is 28.4. The van der Waals surface area contributed by atoms with Crippen LogP contribution in [-0.2, 0) is 29.9 Å². The van der Waals surface area contributed by atoms with Crippen LogP contribution in [0.4, 0.5) is 0 Å². The highest BCUT2D eigenvalue weighted by Crippen LogP contribution is 2.46. The summed E-state index contributed by atoms with van der Waals surface area (Å²) >= 11 is 0. The maximum Gasteiger partial charge on any atom is 0.330 e. The number of ether oxygens (including phenoxy) is 1. The first-order valence-electron chi connectivity index (χ1n) is 18.0. The molecule has 1 aliphatic rings. The summed E-state index contributed by atoms with van der Waals surface area (Å²) in [5.74, 6) is 0. The molecule has 8 nitrogen and oxygen atoms in total. The molecule has 0 saturated carbocycles. The third-order valence-corrected chi connectivity index (χ3v) is 25.2. The van der Waals surface area contributed by atoms with Crippen molar-refractivity contribution in [2.24, 2.45) is 0 Å². The van der Waals surface area contributed by atoms with E-state index < -0.39 is 60.7 Å². The Morgan fingerprint density at radius 2 is 1.18 bits per heavy atom. The van der Waals surface area contributed by atoms with Gasteiger partial charge in [0.1, 0.15) is 18.3 Å². The monoisotopic (exact) mass is 732 g/mol. The van der Waals surface area contributed by atoms with Crippen molar-refractivity contribution in [3.8, 4) is 0 Å². The van der Waals surface area contributed by atoms with Crippen LogP contribution >= 0.6 is 0 Å². The Morgan fingerprint density at radius 3 is 1.63 bits per heavy atom. The molecule has 0 radical (unpaired) electrons. The molecule has 278 valence electrons. The van der Waals surface area contributed by atoms with Gasteiger partial charge in [0.15, 0.2) is 31.2 Å². The lowest BCUT2D eigenvalue weighted by atomic mass is 9.86. The smallest absolute Gasteiger partial charge is 0.330 e. The molecule has 2 aromatic rings. The van der Waals surface area contributed by atoms with Crippen LogP contribution in [0.2, 0.25) is 54.4 Å². The number of nitrogens with zero attached hydrogens (tertiary/aromatic N) is 1. The Kier molecular flexibility index (Phi) is 12.0. The molecule has 0 bridgehead atoms. The summed E-state index contributed by atoms with van der Waals surface area (Å²) in [6.07, 6.45) is -0.310. The summed E-state index contributed by atoms with van der Waals surface area (Å²) in [7, 11) is -6.92. The summed E-state index contributed by atoms with van der Waals surface area (Å²) in [4.78, 5) is 29.6. The fourth-order valence-electron chi connectivity index (χ4n) is 5.06. The first-order valence-corrected chi connectivity index (χ1v) is 26.7. The average molecular weight is 733 g/mol. The standard InChI is InChI=1S/C38H68N2O6Si3/c1-35(2,3)28-21-19-26(20-22-28)23-27-24-40(34(42)39-32(27)41)33-31(46-49(17,18)38(10,11)12)30(45-48(15,16)37(7,8)9)29(44-33)25-43-47(13,14)36(4,5)6/h19-22,24,29-31,33H,23,25H2,1-18H3,(H,39,41,42)/t29-,30-,31-,33-/m1/s1. The van der Waals surface area contributed by atoms with Gasteiger partial charge in [0, 0.05) is 18.2 Å². The van der Waals surface area contributed by atoms with Crippen LogP contribution in [0.25, 0.3) is 0 Å². The zero-order valence-electron chi connectivity index (χ0n) is 34.0. The van der Waals surface area contributed by atoms with E-state index in [9.17, 15) is 9.59 Å². The molecular weight excluding hydrogens is 665 g/mol. The quantitative estimate of drug-likeness (QED) is 0.245. The lowest BCUT2D eigenvalue weighted by molar-refractivity contribution is -0.0511.